The summed E-state index contributed by atoms with van der Waals surface area (Å²) in [6.45, 7) is 4.03. The van der Waals surface area contributed by atoms with Crippen LogP contribution in [0.25, 0.3) is 32.6 Å². The summed E-state index contributed by atoms with van der Waals surface area (Å²) >= 11 is 0. The first kappa shape index (κ1) is 61.7. The molecule has 0 saturated carbocycles. The van der Waals surface area contributed by atoms with Crippen molar-refractivity contribution < 1.29 is 51.8 Å². The first-order chi connectivity index (χ1) is 44.3. The lowest BCUT2D eigenvalue weighted by Gasteiger charge is -2.44. The maximum Gasteiger partial charge on any atom is 0.597 e. The molecule has 1 aliphatic heterocycles. The predicted molar refractivity (Wildman–Crippen MR) is 362 cm³/mol. The van der Waals surface area contributed by atoms with E-state index in [0.29, 0.717) is 56.5 Å². The van der Waals surface area contributed by atoms with Gasteiger partial charge in [0.25, 0.3) is 7.37 Å². The Morgan fingerprint density at radius 2 is 0.813 bits per heavy atom. The van der Waals surface area contributed by atoms with E-state index in [0.717, 1.165) is 66.3 Å². The number of benzene rings is 12. The molecule has 0 saturated heterocycles. The van der Waals surface area contributed by atoms with E-state index in [1.54, 1.807) is 74.9 Å². The number of fused-ring (bicyclic) bond motifs is 6. The normalized spacial score (nSPS) is 13.5. The third kappa shape index (κ3) is 13.7. The molecule has 0 radical (unpaired) electrons. The van der Waals surface area contributed by atoms with Crippen LogP contribution in [-0.2, 0) is 14.3 Å². The minimum Gasteiger partial charge on any atom is -0.508 e. The van der Waals surface area contributed by atoms with Crippen LogP contribution in [0.4, 0.5) is 0 Å². The molecule has 13 heteroatoms. The number of carbonyl (C=O) groups is 1. The molecule has 0 bridgehead atoms. The lowest BCUT2D eigenvalue weighted by atomic mass is 9.83. The van der Waals surface area contributed by atoms with Crippen LogP contribution < -0.4 is 28.8 Å². The van der Waals surface area contributed by atoms with Gasteiger partial charge in [-0.2, -0.15) is 0 Å². The summed E-state index contributed by atoms with van der Waals surface area (Å²) in [4.78, 5) is 12.4. The van der Waals surface area contributed by atoms with E-state index >= 15 is 4.57 Å². The highest BCUT2D eigenvalue weighted by Crippen LogP contribution is 2.71. The number of hydrogen-bond acceptors (Lipinski definition) is 11. The van der Waals surface area contributed by atoms with Crippen molar-refractivity contribution in [2.24, 2.45) is 0 Å². The van der Waals surface area contributed by atoms with E-state index in [9.17, 15) is 14.5 Å². The van der Waals surface area contributed by atoms with E-state index in [2.05, 4.69) is 0 Å². The highest BCUT2D eigenvalue weighted by molar-refractivity contribution is 7.69. The number of aromatic hydroxyl groups is 2. The molecular formula is C78H63O11P2+. The number of phenolic OH excluding ortho intramolecular Hbond substituents is 2. The summed E-state index contributed by atoms with van der Waals surface area (Å²) in [6.07, 6.45) is 0. The molecule has 1 aliphatic rings. The Morgan fingerprint density at radius 1 is 0.418 bits per heavy atom. The maximum absolute atomic E-state index is 16.3. The van der Waals surface area contributed by atoms with Gasteiger partial charge in [-0.25, -0.2) is 4.20 Å². The molecule has 0 spiro atoms. The number of ether oxygens (including phenoxy) is 4. The van der Waals surface area contributed by atoms with Crippen molar-refractivity contribution >= 4 is 47.6 Å². The molecular weight excluding hydrogens is 1170 g/mol. The molecule has 2 heterocycles. The van der Waals surface area contributed by atoms with Crippen LogP contribution in [0.2, 0.25) is 0 Å². The van der Waals surface area contributed by atoms with Gasteiger partial charge in [0.1, 0.15) is 56.9 Å². The summed E-state index contributed by atoms with van der Waals surface area (Å²) < 4.78 is 62.6. The Bertz CT molecular complexity index is 4670. The zero-order valence-electron chi connectivity index (χ0n) is 50.3. The van der Waals surface area contributed by atoms with Gasteiger partial charge in [-0.05, 0) is 180 Å². The zero-order chi connectivity index (χ0) is 63.3. The van der Waals surface area contributed by atoms with Gasteiger partial charge >= 0.3 is 7.65 Å². The third-order valence-corrected chi connectivity index (χ3v) is 19.6. The predicted octanol–water partition coefficient (Wildman–Crippen LogP) is 20.2. The van der Waals surface area contributed by atoms with Crippen molar-refractivity contribution in [2.75, 3.05) is 14.2 Å². The Labute approximate surface area is 528 Å². The van der Waals surface area contributed by atoms with Crippen molar-refractivity contribution in [3.63, 3.8) is 0 Å². The summed E-state index contributed by atoms with van der Waals surface area (Å²) in [6, 6.07) is 91.8. The molecule has 0 fully saturated rings. The minimum atomic E-state index is -3.90. The number of ketones is 1. The smallest absolute Gasteiger partial charge is 0.508 e. The van der Waals surface area contributed by atoms with Gasteiger partial charge in [0, 0.05) is 27.5 Å². The van der Waals surface area contributed by atoms with E-state index in [1.807, 2.05) is 250 Å². The molecule has 14 rings (SSSR count). The Hall–Kier alpha value is -11.0. The monoisotopic (exact) mass is 1240 g/mol. The van der Waals surface area contributed by atoms with Gasteiger partial charge in [0.15, 0.2) is 11.4 Å². The molecule has 12 aromatic carbocycles. The topological polar surface area (TPSA) is 151 Å². The van der Waals surface area contributed by atoms with Crippen molar-refractivity contribution in [1.82, 2.24) is 0 Å². The number of para-hydroxylation sites is 3. The summed E-state index contributed by atoms with van der Waals surface area (Å²) in [5.74, 6) is 5.22. The first-order valence-corrected chi connectivity index (χ1v) is 32.0. The fourth-order valence-corrected chi connectivity index (χ4v) is 15.1. The van der Waals surface area contributed by atoms with Gasteiger partial charge in [-0.15, -0.1) is 0 Å². The minimum absolute atomic E-state index is 0.00555. The van der Waals surface area contributed by atoms with Gasteiger partial charge in [-0.3, -0.25) is 9.36 Å². The molecule has 1 aromatic heterocycles. The number of rotatable bonds is 12. The fourth-order valence-electron chi connectivity index (χ4n) is 10.7. The second-order valence-electron chi connectivity index (χ2n) is 21.3. The summed E-state index contributed by atoms with van der Waals surface area (Å²) in [5.41, 5.74) is 8.30. The molecule has 13 aromatic rings. The quantitative estimate of drug-likeness (QED) is 0.0521. The average molecular weight is 1240 g/mol. The third-order valence-electron chi connectivity index (χ3n) is 15.3. The molecule has 11 nitrogen and oxygen atoms in total. The largest absolute Gasteiger partial charge is 0.597 e. The van der Waals surface area contributed by atoms with Crippen molar-refractivity contribution in [3.05, 3.63) is 336 Å². The van der Waals surface area contributed by atoms with Crippen LogP contribution in [-0.4, -0.2) is 30.2 Å². The standard InChI is InChI=1S/C39H31O5P.C21H18O3.C12H8O2P.C6H6O/c1-27-11-13-28(14-12-27)39(29-15-19-31(40)20-16-29,30-17-21-33(22-18-30)43-34-25-23-32(42-2)24-26-34)45(41)38-10-6-4-8-36(38)35-7-3-5-9-37(35)44-45;1-15-3-5-16(6-4-15)21(22)17-7-9-19(10-8-17)24-20-13-11-18(23-2)12-14-20;13-15-12-8-4-2-6-10(12)9-5-1-3-7-11(9)14-15;7-6-4-2-1-3-5-6/h3-26,40H,1-2H3;3-14H,1-2H3;1-8H;1-5,7H/q;;+1;. The highest BCUT2D eigenvalue weighted by atomic mass is 31.2. The van der Waals surface area contributed by atoms with Crippen molar-refractivity contribution in [2.45, 2.75) is 19.0 Å². The van der Waals surface area contributed by atoms with Crippen molar-refractivity contribution in [1.29, 1.82) is 0 Å². The molecule has 3 atom stereocenters. The van der Waals surface area contributed by atoms with Gasteiger partial charge < -0.3 is 33.7 Å². The molecule has 0 aliphatic carbocycles. The van der Waals surface area contributed by atoms with E-state index in [4.69, 9.17) is 32.8 Å². The maximum atomic E-state index is 16.3. The van der Waals surface area contributed by atoms with Gasteiger partial charge in [-0.1, -0.05) is 169 Å². The molecule has 3 unspecified atom stereocenters. The number of carbonyl (C=O) groups excluding carboxylic acids is 1. The second kappa shape index (κ2) is 28.0. The second-order valence-corrected chi connectivity index (χ2v) is 24.9. The molecule has 2 N–H and O–H groups in total. The zero-order valence-corrected chi connectivity index (χ0v) is 52.0. The Morgan fingerprint density at radius 3 is 1.35 bits per heavy atom. The number of phenols is 2. The number of aryl methyl sites for hydroxylation is 2. The van der Waals surface area contributed by atoms with Crippen LogP contribution >= 0.6 is 15.0 Å². The Kier molecular flexibility index (Phi) is 19.0. The van der Waals surface area contributed by atoms with E-state index < -0.39 is 20.2 Å². The highest BCUT2D eigenvalue weighted by Gasteiger charge is 2.58. The van der Waals surface area contributed by atoms with Gasteiger partial charge in [0.2, 0.25) is 5.12 Å². The van der Waals surface area contributed by atoms with Gasteiger partial charge in [0.05, 0.1) is 19.5 Å². The van der Waals surface area contributed by atoms with Crippen LogP contribution in [0.5, 0.6) is 51.7 Å². The average Bonchev–Trinajstić information content (AvgIpc) is 0.695. The van der Waals surface area contributed by atoms with E-state index in [-0.39, 0.29) is 11.5 Å². The van der Waals surface area contributed by atoms with Crippen LogP contribution in [0.15, 0.2) is 301 Å². The molecule has 0 amide bonds. The van der Waals surface area contributed by atoms with Crippen LogP contribution in [0, 0.1) is 13.8 Å². The summed E-state index contributed by atoms with van der Waals surface area (Å²) in [5, 5.41) is 21.1. The van der Waals surface area contributed by atoms with Crippen LogP contribution in [0.1, 0.15) is 43.7 Å². The SMILES string of the molecule is COc1ccc(Oc2ccc(C(=O)c3ccc(C)cc3)cc2)cc1.COc1ccc(Oc2ccc(C(c3ccc(C)cc3)(c3ccc(O)cc3)P3(=O)Oc4ccccc4-c4ccccc43)cc2)cc1.O=[p+]1oc2ccccc2c2ccccc21.Oc1ccccc1. The Balaban J connectivity index is 0.000000152. The lowest BCUT2D eigenvalue weighted by Crippen LogP contribution is -2.37. The first-order valence-electron chi connectivity index (χ1n) is 29.2. The lowest BCUT2D eigenvalue weighted by molar-refractivity contribution is 0.103. The number of hydrogen-bond donors (Lipinski definition) is 2. The van der Waals surface area contributed by atoms with Crippen molar-refractivity contribution in [3.8, 4) is 62.9 Å². The number of methoxy groups -OCH3 is 2. The van der Waals surface area contributed by atoms with Crippen LogP contribution in [0.3, 0.4) is 0 Å². The van der Waals surface area contributed by atoms with E-state index in [1.165, 1.54) is 0 Å². The summed E-state index contributed by atoms with van der Waals surface area (Å²) in [7, 11) is -2.39. The molecule has 91 heavy (non-hydrogen) atoms. The molecule has 450 valence electrons. The fraction of sp³-hybridized carbons (Fsp3) is 0.0641.